The number of amides is 2. The first kappa shape index (κ1) is 29.5. The van der Waals surface area contributed by atoms with Crippen LogP contribution in [0.1, 0.15) is 49.5 Å². The number of methoxy groups -OCH3 is 2. The van der Waals surface area contributed by atoms with Crippen LogP contribution in [0.5, 0.6) is 11.5 Å². The topological polar surface area (TPSA) is 119 Å². The van der Waals surface area contributed by atoms with Gasteiger partial charge in [0.1, 0.15) is 11.3 Å². The molecule has 0 aliphatic carbocycles. The van der Waals surface area contributed by atoms with Crippen LogP contribution in [0.3, 0.4) is 0 Å². The molecule has 0 bridgehead atoms. The maximum atomic E-state index is 14.9. The molecule has 2 atom stereocenters. The average Bonchev–Trinajstić information content (AvgIpc) is 3.17. The van der Waals surface area contributed by atoms with Crippen molar-refractivity contribution >= 4 is 30.0 Å². The van der Waals surface area contributed by atoms with Crippen LogP contribution in [-0.4, -0.2) is 62.0 Å². The van der Waals surface area contributed by atoms with Crippen molar-refractivity contribution in [2.45, 2.75) is 24.9 Å². The zero-order valence-corrected chi connectivity index (χ0v) is 22.3. The number of carbonyl (C=O) groups is 3. The number of carbonyl (C=O) groups excluding carboxylic acids is 3. The van der Waals surface area contributed by atoms with Crippen LogP contribution in [-0.2, 0) is 0 Å². The van der Waals surface area contributed by atoms with Gasteiger partial charge in [0, 0.05) is 35.6 Å². The Kier molecular flexibility index (Phi) is 10.4. The van der Waals surface area contributed by atoms with Crippen molar-refractivity contribution in [2.75, 3.05) is 27.3 Å². The predicted molar refractivity (Wildman–Crippen MR) is 145 cm³/mol. The minimum Gasteiger partial charge on any atom is -0.496 e. The number of hydrogen-bond acceptors (Lipinski definition) is 7. The summed E-state index contributed by atoms with van der Waals surface area (Å²) < 4.78 is 25.0. The highest BCUT2D eigenvalue weighted by Crippen LogP contribution is 2.31. The molecule has 206 valence electrons. The summed E-state index contributed by atoms with van der Waals surface area (Å²) in [5.41, 5.74) is 0.755. The first-order chi connectivity index (χ1) is 18.4. The van der Waals surface area contributed by atoms with Gasteiger partial charge in [0.25, 0.3) is 11.8 Å². The van der Waals surface area contributed by atoms with Gasteiger partial charge in [-0.15, -0.1) is 12.4 Å². The minimum absolute atomic E-state index is 0. The zero-order chi connectivity index (χ0) is 27.1. The maximum Gasteiger partial charge on any atom is 0.251 e. The quantitative estimate of drug-likeness (QED) is 0.365. The zero-order valence-electron chi connectivity index (χ0n) is 21.5. The fraction of sp³-hybridized carbons (Fsp3) is 0.286. The Bertz CT molecular complexity index is 1310. The molecule has 1 aliphatic heterocycles. The summed E-state index contributed by atoms with van der Waals surface area (Å²) in [5.74, 6) is -2.00. The van der Waals surface area contributed by atoms with E-state index in [1.165, 1.54) is 50.6 Å². The van der Waals surface area contributed by atoms with Crippen LogP contribution in [0, 0.1) is 5.82 Å². The summed E-state index contributed by atoms with van der Waals surface area (Å²) in [5, 5.41) is 9.31. The molecule has 0 unspecified atom stereocenters. The second-order valence-electron chi connectivity index (χ2n) is 8.81. The second kappa shape index (κ2) is 13.7. The maximum absolute atomic E-state index is 14.9. The van der Waals surface area contributed by atoms with Gasteiger partial charge in [0.2, 0.25) is 0 Å². The molecule has 4 rings (SSSR count). The van der Waals surface area contributed by atoms with Crippen LogP contribution in [0.15, 0.2) is 60.9 Å². The highest BCUT2D eigenvalue weighted by molar-refractivity contribution is 6.11. The molecule has 0 saturated carbocycles. The second-order valence-corrected chi connectivity index (χ2v) is 8.81. The Morgan fingerprint density at radius 1 is 0.846 bits per heavy atom. The standard InChI is InChI=1S/C28H29FN4O5.ClH/c1-37-22-9-10-23(38-2)25(29)24(22)26(34)17-5-7-18(8-6-17)27(35)32-20-4-3-13-31-16-21(20)33-28(36)19-11-14-30-15-12-19;/h5-12,14-15,20-21,31H,3-4,13,16H2,1-2H3,(H,32,35)(H,33,36);1H/t20-,21-;/m1./s1. The highest BCUT2D eigenvalue weighted by atomic mass is 35.5. The number of benzene rings is 2. The molecule has 2 heterocycles. The van der Waals surface area contributed by atoms with Crippen LogP contribution in [0.2, 0.25) is 0 Å². The largest absolute Gasteiger partial charge is 0.496 e. The number of pyridine rings is 1. The van der Waals surface area contributed by atoms with E-state index in [0.29, 0.717) is 24.1 Å². The van der Waals surface area contributed by atoms with E-state index in [0.717, 1.165) is 13.0 Å². The third-order valence-electron chi connectivity index (χ3n) is 6.44. The van der Waals surface area contributed by atoms with E-state index < -0.39 is 11.6 Å². The van der Waals surface area contributed by atoms with E-state index in [9.17, 15) is 18.8 Å². The van der Waals surface area contributed by atoms with Gasteiger partial charge in [-0.3, -0.25) is 19.4 Å². The highest BCUT2D eigenvalue weighted by Gasteiger charge is 2.28. The molecule has 1 aromatic heterocycles. The lowest BCUT2D eigenvalue weighted by Gasteiger charge is -2.27. The number of aromatic nitrogens is 1. The summed E-state index contributed by atoms with van der Waals surface area (Å²) >= 11 is 0. The summed E-state index contributed by atoms with van der Waals surface area (Å²) in [6.45, 7) is 1.28. The van der Waals surface area contributed by atoms with Gasteiger partial charge < -0.3 is 25.4 Å². The third kappa shape index (κ3) is 6.90. The number of halogens is 2. The molecular weight excluding hydrogens is 527 g/mol. The van der Waals surface area contributed by atoms with Crippen molar-refractivity contribution in [1.82, 2.24) is 20.9 Å². The van der Waals surface area contributed by atoms with Gasteiger partial charge in [0.15, 0.2) is 17.3 Å². The predicted octanol–water partition coefficient (Wildman–Crippen LogP) is 3.17. The van der Waals surface area contributed by atoms with Crippen molar-refractivity contribution < 1.29 is 28.2 Å². The number of hydrogen-bond donors (Lipinski definition) is 3. The van der Waals surface area contributed by atoms with Crippen LogP contribution in [0.4, 0.5) is 4.39 Å². The van der Waals surface area contributed by atoms with E-state index >= 15 is 0 Å². The number of nitrogens with zero attached hydrogens (tertiary/aromatic N) is 1. The third-order valence-corrected chi connectivity index (χ3v) is 6.44. The molecule has 2 amide bonds. The number of ether oxygens (including phenoxy) is 2. The molecule has 0 spiro atoms. The summed E-state index contributed by atoms with van der Waals surface area (Å²) in [4.78, 5) is 42.8. The van der Waals surface area contributed by atoms with Gasteiger partial charge >= 0.3 is 0 Å². The molecule has 2 aromatic carbocycles. The van der Waals surface area contributed by atoms with Crippen LogP contribution < -0.4 is 25.4 Å². The number of rotatable bonds is 8. The lowest BCUT2D eigenvalue weighted by molar-refractivity contribution is 0.0882. The molecular formula is C28H30ClFN4O5. The molecule has 1 saturated heterocycles. The molecule has 39 heavy (non-hydrogen) atoms. The lowest BCUT2D eigenvalue weighted by atomic mass is 9.99. The minimum atomic E-state index is -0.819. The monoisotopic (exact) mass is 556 g/mol. The van der Waals surface area contributed by atoms with Crippen LogP contribution >= 0.6 is 12.4 Å². The lowest BCUT2D eigenvalue weighted by Crippen LogP contribution is -2.54. The number of ketones is 1. The van der Waals surface area contributed by atoms with E-state index in [4.69, 9.17) is 9.47 Å². The van der Waals surface area contributed by atoms with Gasteiger partial charge in [-0.25, -0.2) is 4.39 Å². The van der Waals surface area contributed by atoms with Gasteiger partial charge in [0.05, 0.1) is 26.3 Å². The Hall–Kier alpha value is -4.02. The summed E-state index contributed by atoms with van der Waals surface area (Å²) in [6.07, 6.45) is 4.60. The van der Waals surface area contributed by atoms with Crippen molar-refractivity contribution in [2.24, 2.45) is 0 Å². The smallest absolute Gasteiger partial charge is 0.251 e. The van der Waals surface area contributed by atoms with E-state index in [-0.39, 0.29) is 58.9 Å². The molecule has 11 heteroatoms. The van der Waals surface area contributed by atoms with E-state index in [1.54, 1.807) is 24.5 Å². The van der Waals surface area contributed by atoms with E-state index in [1.807, 2.05) is 0 Å². The molecule has 9 nitrogen and oxygen atoms in total. The van der Waals surface area contributed by atoms with Crippen molar-refractivity contribution in [1.29, 1.82) is 0 Å². The Morgan fingerprint density at radius 2 is 1.41 bits per heavy atom. The van der Waals surface area contributed by atoms with Gasteiger partial charge in [-0.05, 0) is 55.8 Å². The fourth-order valence-electron chi connectivity index (χ4n) is 4.37. The number of nitrogens with one attached hydrogen (secondary N) is 3. The van der Waals surface area contributed by atoms with E-state index in [2.05, 4.69) is 20.9 Å². The molecule has 1 aliphatic rings. The molecule has 0 radical (unpaired) electrons. The normalized spacial score (nSPS) is 16.7. The van der Waals surface area contributed by atoms with Crippen LogP contribution in [0.25, 0.3) is 0 Å². The molecule has 1 fully saturated rings. The summed E-state index contributed by atoms with van der Waals surface area (Å²) in [6, 6.07) is 11.4. The molecule has 3 aromatic rings. The first-order valence-electron chi connectivity index (χ1n) is 12.2. The molecule has 3 N–H and O–H groups in total. The summed E-state index contributed by atoms with van der Waals surface area (Å²) in [7, 11) is 2.66. The Balaban J connectivity index is 0.00000420. The van der Waals surface area contributed by atoms with Crippen molar-refractivity contribution in [3.05, 3.63) is 89.0 Å². The average molecular weight is 557 g/mol. The fourth-order valence-corrected chi connectivity index (χ4v) is 4.37. The Morgan fingerprint density at radius 3 is 2.05 bits per heavy atom. The van der Waals surface area contributed by atoms with Crippen molar-refractivity contribution in [3.8, 4) is 11.5 Å². The first-order valence-corrected chi connectivity index (χ1v) is 12.2. The van der Waals surface area contributed by atoms with Gasteiger partial charge in [-0.1, -0.05) is 12.1 Å². The Labute approximate surface area is 231 Å². The van der Waals surface area contributed by atoms with Crippen molar-refractivity contribution in [3.63, 3.8) is 0 Å². The van der Waals surface area contributed by atoms with Gasteiger partial charge in [-0.2, -0.15) is 0 Å². The SMILES string of the molecule is COc1ccc(OC)c(C(=O)c2ccc(C(=O)N[C@@H]3CCCNC[C@H]3NC(=O)c3ccncc3)cc2)c1F.Cl.